The molecule has 20 heavy (non-hydrogen) atoms. The van der Waals surface area contributed by atoms with Crippen molar-refractivity contribution in [2.75, 3.05) is 13.2 Å². The molecule has 0 aromatic rings. The summed E-state index contributed by atoms with van der Waals surface area (Å²) >= 11 is 0. The molecule has 9 heteroatoms. The third kappa shape index (κ3) is 3.47. The van der Waals surface area contributed by atoms with Crippen molar-refractivity contribution in [1.82, 2.24) is 0 Å². The number of aliphatic hydroxyl groups is 1. The number of carbonyl (C=O) groups is 3. The molecule has 0 aliphatic carbocycles. The maximum absolute atomic E-state index is 12.9. The highest BCUT2D eigenvalue weighted by atomic mass is 19.4. The van der Waals surface area contributed by atoms with Crippen molar-refractivity contribution in [3.05, 3.63) is 0 Å². The quantitative estimate of drug-likeness (QED) is 0.571. The molecule has 1 N–H and O–H groups in total. The average molecular weight is 300 g/mol. The second-order valence-corrected chi connectivity index (χ2v) is 3.79. The molecule has 0 bridgehead atoms. The SMILES string of the molecule is CCOC(=O)C(=O)C(C)C(O)(C(=O)OCC)C(F)(F)F. The van der Waals surface area contributed by atoms with Gasteiger partial charge in [0.2, 0.25) is 5.78 Å². The lowest BCUT2D eigenvalue weighted by molar-refractivity contribution is -0.274. The topological polar surface area (TPSA) is 89.9 Å². The molecule has 0 rings (SSSR count). The predicted molar refractivity (Wildman–Crippen MR) is 58.4 cm³/mol. The second kappa shape index (κ2) is 6.69. The first-order chi connectivity index (χ1) is 9.03. The molecule has 0 saturated carbocycles. The van der Waals surface area contributed by atoms with Gasteiger partial charge in [0.25, 0.3) is 5.60 Å². The molecule has 2 atom stereocenters. The Morgan fingerprint density at radius 1 is 1.10 bits per heavy atom. The Bertz CT molecular complexity index is 392. The van der Waals surface area contributed by atoms with Crippen molar-refractivity contribution in [3.8, 4) is 0 Å². The zero-order chi connectivity index (χ0) is 16.1. The highest BCUT2D eigenvalue weighted by Gasteiger charge is 2.66. The number of hydrogen-bond acceptors (Lipinski definition) is 6. The van der Waals surface area contributed by atoms with Crippen LogP contribution in [0.3, 0.4) is 0 Å². The van der Waals surface area contributed by atoms with E-state index in [-0.39, 0.29) is 6.61 Å². The van der Waals surface area contributed by atoms with Crippen LogP contribution < -0.4 is 0 Å². The third-order valence-corrected chi connectivity index (χ3v) is 2.52. The number of esters is 2. The van der Waals surface area contributed by atoms with Gasteiger partial charge in [-0.1, -0.05) is 6.92 Å². The van der Waals surface area contributed by atoms with Gasteiger partial charge in [0.05, 0.1) is 19.1 Å². The summed E-state index contributed by atoms with van der Waals surface area (Å²) in [6.07, 6.45) is -5.49. The second-order valence-electron chi connectivity index (χ2n) is 3.79. The summed E-state index contributed by atoms with van der Waals surface area (Å²) < 4.78 is 47.0. The van der Waals surface area contributed by atoms with Crippen LogP contribution in [0.4, 0.5) is 13.2 Å². The number of rotatable bonds is 6. The summed E-state index contributed by atoms with van der Waals surface area (Å²) in [5.74, 6) is -7.66. The normalized spacial score (nSPS) is 15.9. The van der Waals surface area contributed by atoms with Crippen LogP contribution in [0.5, 0.6) is 0 Å². The minimum Gasteiger partial charge on any atom is -0.464 e. The number of halogens is 3. The number of ketones is 1. The molecule has 0 heterocycles. The monoisotopic (exact) mass is 300 g/mol. The van der Waals surface area contributed by atoms with Crippen LogP contribution in [0.15, 0.2) is 0 Å². The summed E-state index contributed by atoms with van der Waals surface area (Å²) in [6, 6.07) is 0. The van der Waals surface area contributed by atoms with E-state index in [0.717, 1.165) is 0 Å². The van der Waals surface area contributed by atoms with Crippen molar-refractivity contribution in [3.63, 3.8) is 0 Å². The maximum atomic E-state index is 12.9. The molecule has 0 amide bonds. The zero-order valence-electron chi connectivity index (χ0n) is 11.1. The van der Waals surface area contributed by atoms with Gasteiger partial charge in [-0.25, -0.2) is 9.59 Å². The highest BCUT2D eigenvalue weighted by molar-refractivity contribution is 6.35. The van der Waals surface area contributed by atoms with Crippen LogP contribution in [0.1, 0.15) is 20.8 Å². The fourth-order valence-electron chi connectivity index (χ4n) is 1.35. The van der Waals surface area contributed by atoms with Crippen LogP contribution >= 0.6 is 0 Å². The van der Waals surface area contributed by atoms with Crippen LogP contribution in [0, 0.1) is 5.92 Å². The van der Waals surface area contributed by atoms with Crippen LogP contribution in [-0.2, 0) is 23.9 Å². The molecule has 6 nitrogen and oxygen atoms in total. The Kier molecular flexibility index (Phi) is 6.14. The zero-order valence-corrected chi connectivity index (χ0v) is 11.1. The van der Waals surface area contributed by atoms with Crippen LogP contribution in [0.2, 0.25) is 0 Å². The van der Waals surface area contributed by atoms with Crippen molar-refractivity contribution >= 4 is 17.7 Å². The summed E-state index contributed by atoms with van der Waals surface area (Å²) in [4.78, 5) is 34.0. The molecule has 0 spiro atoms. The standard InChI is InChI=1S/C11H15F3O6/c1-4-19-8(16)7(15)6(3)10(18,11(12,13)14)9(17)20-5-2/h6,18H,4-5H2,1-3H3. The lowest BCUT2D eigenvalue weighted by atomic mass is 9.84. The van der Waals surface area contributed by atoms with Gasteiger partial charge in [0, 0.05) is 0 Å². The van der Waals surface area contributed by atoms with Crippen molar-refractivity contribution in [2.45, 2.75) is 32.5 Å². The first kappa shape index (κ1) is 18.4. The average Bonchev–Trinajstić information content (AvgIpc) is 2.35. The molecule has 0 fully saturated rings. The van der Waals surface area contributed by atoms with Crippen molar-refractivity contribution in [2.24, 2.45) is 5.92 Å². The van der Waals surface area contributed by atoms with E-state index in [4.69, 9.17) is 0 Å². The van der Waals surface area contributed by atoms with Crippen molar-refractivity contribution in [1.29, 1.82) is 0 Å². The Labute approximate surface area is 112 Å². The summed E-state index contributed by atoms with van der Waals surface area (Å²) in [5, 5.41) is 9.58. The number of ether oxygens (including phenoxy) is 2. The molecule has 0 aliphatic rings. The Balaban J connectivity index is 5.51. The largest absolute Gasteiger partial charge is 0.464 e. The number of Topliss-reactive ketones (excluding diaryl/α,β-unsaturated/α-hetero) is 1. The highest BCUT2D eigenvalue weighted by Crippen LogP contribution is 2.38. The summed E-state index contributed by atoms with van der Waals surface area (Å²) in [6.45, 7) is 2.51. The van der Waals surface area contributed by atoms with Crippen LogP contribution in [-0.4, -0.2) is 47.8 Å². The molecule has 0 aromatic heterocycles. The summed E-state index contributed by atoms with van der Waals surface area (Å²) in [5.41, 5.74) is -4.10. The third-order valence-electron chi connectivity index (χ3n) is 2.52. The van der Waals surface area contributed by atoms with Gasteiger partial charge in [-0.3, -0.25) is 4.79 Å². The lowest BCUT2D eigenvalue weighted by Gasteiger charge is -2.31. The van der Waals surface area contributed by atoms with Crippen molar-refractivity contribution < 1.29 is 42.1 Å². The van der Waals surface area contributed by atoms with Gasteiger partial charge in [-0.2, -0.15) is 13.2 Å². The van der Waals surface area contributed by atoms with E-state index in [1.54, 1.807) is 0 Å². The van der Waals surface area contributed by atoms with Gasteiger partial charge in [-0.05, 0) is 13.8 Å². The van der Waals surface area contributed by atoms with Crippen LogP contribution in [0.25, 0.3) is 0 Å². The number of hydrogen-bond donors (Lipinski definition) is 1. The minimum atomic E-state index is -5.49. The van der Waals surface area contributed by atoms with Gasteiger partial charge >= 0.3 is 18.1 Å². The molecule has 116 valence electrons. The fourth-order valence-corrected chi connectivity index (χ4v) is 1.35. The number of alkyl halides is 3. The van der Waals surface area contributed by atoms with Gasteiger partial charge in [0.1, 0.15) is 0 Å². The Morgan fingerprint density at radius 3 is 1.90 bits per heavy atom. The predicted octanol–water partition coefficient (Wildman–Crippen LogP) is 0.611. The molecule has 0 aromatic carbocycles. The van der Waals surface area contributed by atoms with E-state index in [1.807, 2.05) is 0 Å². The molecule has 0 aliphatic heterocycles. The van der Waals surface area contributed by atoms with Gasteiger partial charge in [0.15, 0.2) is 0 Å². The molecular weight excluding hydrogens is 285 g/mol. The fraction of sp³-hybridized carbons (Fsp3) is 0.727. The van der Waals surface area contributed by atoms with E-state index >= 15 is 0 Å². The maximum Gasteiger partial charge on any atom is 0.428 e. The van der Waals surface area contributed by atoms with E-state index in [0.29, 0.717) is 6.92 Å². The first-order valence-corrected chi connectivity index (χ1v) is 5.71. The van der Waals surface area contributed by atoms with E-state index in [2.05, 4.69) is 9.47 Å². The van der Waals surface area contributed by atoms with E-state index in [1.165, 1.54) is 13.8 Å². The first-order valence-electron chi connectivity index (χ1n) is 5.71. The molecule has 0 saturated heterocycles. The Morgan fingerprint density at radius 2 is 1.55 bits per heavy atom. The smallest absolute Gasteiger partial charge is 0.428 e. The summed E-state index contributed by atoms with van der Waals surface area (Å²) in [7, 11) is 0. The molecule has 0 radical (unpaired) electrons. The van der Waals surface area contributed by atoms with Gasteiger partial charge in [-0.15, -0.1) is 0 Å². The number of carbonyl (C=O) groups excluding carboxylic acids is 3. The minimum absolute atomic E-state index is 0.235. The molecule has 2 unspecified atom stereocenters. The van der Waals surface area contributed by atoms with E-state index in [9.17, 15) is 32.7 Å². The molecular formula is C11H15F3O6. The Hall–Kier alpha value is -1.64. The lowest BCUT2D eigenvalue weighted by Crippen LogP contribution is -2.60. The van der Waals surface area contributed by atoms with Gasteiger partial charge < -0.3 is 14.6 Å². The van der Waals surface area contributed by atoms with E-state index < -0.39 is 42.0 Å².